The van der Waals surface area contributed by atoms with Gasteiger partial charge in [0.15, 0.2) is 0 Å². The van der Waals surface area contributed by atoms with E-state index in [4.69, 9.17) is 9.47 Å². The Labute approximate surface area is 262 Å². The molecule has 4 heterocycles. The van der Waals surface area contributed by atoms with Gasteiger partial charge in [-0.15, -0.1) is 0 Å². The largest absolute Gasteiger partial charge is 0.456 e. The van der Waals surface area contributed by atoms with E-state index in [0.29, 0.717) is 0 Å². The second-order valence-corrected chi connectivity index (χ2v) is 13.2. The minimum atomic E-state index is -0.846. The van der Waals surface area contributed by atoms with Crippen molar-refractivity contribution in [2.45, 2.75) is 0 Å². The second kappa shape index (κ2) is 10.6. The number of hydrogen-bond acceptors (Lipinski definition) is 4. The fraction of sp³-hybridized carbons (Fsp3) is 0. The Morgan fingerprint density at radius 2 is 0.711 bits per heavy atom. The van der Waals surface area contributed by atoms with Gasteiger partial charge >= 0.3 is 0 Å². The average molecular weight is 597 g/mol. The molecule has 2 aliphatic heterocycles. The molecule has 212 valence electrons. The summed E-state index contributed by atoms with van der Waals surface area (Å²) < 4.78 is 13.1. The molecule has 0 radical (unpaired) electrons. The van der Waals surface area contributed by atoms with Crippen molar-refractivity contribution in [1.82, 2.24) is 9.97 Å². The van der Waals surface area contributed by atoms with Gasteiger partial charge in [-0.1, -0.05) is 66.7 Å². The van der Waals surface area contributed by atoms with E-state index in [2.05, 4.69) is 107 Å². The number of benzene rings is 5. The van der Waals surface area contributed by atoms with Gasteiger partial charge in [0.2, 0.25) is 0 Å². The van der Waals surface area contributed by atoms with Crippen molar-refractivity contribution < 1.29 is 9.47 Å². The summed E-state index contributed by atoms with van der Waals surface area (Å²) >= 11 is 0. The molecule has 0 aliphatic carbocycles. The van der Waals surface area contributed by atoms with Gasteiger partial charge in [-0.25, -0.2) is 0 Å². The lowest BCUT2D eigenvalue weighted by atomic mass is 10.0. The highest BCUT2D eigenvalue weighted by Gasteiger charge is 2.37. The smallest absolute Gasteiger partial charge is 0.139 e. The number of ether oxygens (including phenoxy) is 2. The number of aromatic nitrogens is 2. The number of fused-ring (bicyclic) bond motifs is 4. The fourth-order valence-electron chi connectivity index (χ4n) is 6.21. The molecule has 0 amide bonds. The molecule has 0 fully saturated rings. The summed E-state index contributed by atoms with van der Waals surface area (Å²) in [6, 6.07) is 44.9. The first-order chi connectivity index (χ1) is 22.3. The minimum Gasteiger partial charge on any atom is -0.456 e. The van der Waals surface area contributed by atoms with Gasteiger partial charge in [-0.3, -0.25) is 9.97 Å². The molecule has 2 aromatic heterocycles. The normalized spacial score (nSPS) is 12.7. The molecule has 0 saturated heterocycles. The summed E-state index contributed by atoms with van der Waals surface area (Å²) in [5.41, 5.74) is 9.21. The molecule has 9 rings (SSSR count). The summed E-state index contributed by atoms with van der Waals surface area (Å²) in [4.78, 5) is 8.28. The van der Waals surface area contributed by atoms with Gasteiger partial charge in [0.1, 0.15) is 23.0 Å². The molecular formula is C40H25N2O2P. The molecule has 4 nitrogen and oxygen atoms in total. The van der Waals surface area contributed by atoms with Crippen LogP contribution in [0.25, 0.3) is 44.5 Å². The molecule has 0 saturated carbocycles. The van der Waals surface area contributed by atoms with Crippen LogP contribution in [0.1, 0.15) is 0 Å². The molecular weight excluding hydrogens is 571 g/mol. The second-order valence-electron chi connectivity index (χ2n) is 11.1. The van der Waals surface area contributed by atoms with Crippen LogP contribution in [0.3, 0.4) is 0 Å². The Morgan fingerprint density at radius 1 is 0.356 bits per heavy atom. The van der Waals surface area contributed by atoms with Gasteiger partial charge in [-0.2, -0.15) is 0 Å². The predicted octanol–water partition coefficient (Wildman–Crippen LogP) is 9.11. The molecule has 45 heavy (non-hydrogen) atoms. The van der Waals surface area contributed by atoms with Crippen LogP contribution in [-0.2, 0) is 0 Å². The first kappa shape index (κ1) is 25.9. The van der Waals surface area contributed by atoms with E-state index in [9.17, 15) is 0 Å². The van der Waals surface area contributed by atoms with E-state index in [0.717, 1.165) is 61.7 Å². The molecule has 5 aromatic carbocycles. The lowest BCUT2D eigenvalue weighted by molar-refractivity contribution is 0.467. The van der Waals surface area contributed by atoms with Crippen LogP contribution >= 0.6 is 7.92 Å². The van der Waals surface area contributed by atoms with Crippen molar-refractivity contribution >= 4 is 23.8 Å². The molecule has 0 bridgehead atoms. The van der Waals surface area contributed by atoms with Crippen LogP contribution in [-0.4, -0.2) is 9.97 Å². The van der Waals surface area contributed by atoms with Crippen molar-refractivity contribution in [2.24, 2.45) is 0 Å². The monoisotopic (exact) mass is 596 g/mol. The zero-order valence-electron chi connectivity index (χ0n) is 24.1. The zero-order valence-corrected chi connectivity index (χ0v) is 25.0. The molecule has 7 aromatic rings. The maximum absolute atomic E-state index is 6.56. The van der Waals surface area contributed by atoms with Crippen LogP contribution in [0.2, 0.25) is 0 Å². The van der Waals surface area contributed by atoms with Crippen LogP contribution in [0, 0.1) is 0 Å². The summed E-state index contributed by atoms with van der Waals surface area (Å²) in [5.74, 6) is 3.56. The summed E-state index contributed by atoms with van der Waals surface area (Å²) in [5, 5.41) is 3.57. The van der Waals surface area contributed by atoms with Crippen LogP contribution < -0.4 is 25.4 Å². The van der Waals surface area contributed by atoms with E-state index >= 15 is 0 Å². The fourth-order valence-corrected chi connectivity index (χ4v) is 8.75. The predicted molar refractivity (Wildman–Crippen MR) is 183 cm³/mol. The van der Waals surface area contributed by atoms with Crippen molar-refractivity contribution in [3.8, 4) is 67.5 Å². The molecule has 0 atom stereocenters. The summed E-state index contributed by atoms with van der Waals surface area (Å²) in [6.07, 6.45) is 7.30. The standard InChI is InChI=1S/C40H25N2O2P/c1-2-34-40-35(3-1)44-37-25-33(29-10-6-27(7-11-29)31-18-22-42-23-19-31)13-15-39(37)45(40)38-14-12-32(24-36(38)43-34)28-8-4-26(5-9-28)30-16-20-41-21-17-30/h1-25H. The highest BCUT2D eigenvalue weighted by Crippen LogP contribution is 2.53. The topological polar surface area (TPSA) is 44.2 Å². The third kappa shape index (κ3) is 4.50. The third-order valence-electron chi connectivity index (χ3n) is 8.49. The molecule has 0 unspecified atom stereocenters. The number of nitrogens with zero attached hydrogens (tertiary/aromatic N) is 2. The Hall–Kier alpha value is -5.57. The molecule has 0 spiro atoms. The first-order valence-electron chi connectivity index (χ1n) is 14.9. The van der Waals surface area contributed by atoms with Crippen molar-refractivity contribution in [1.29, 1.82) is 0 Å². The highest BCUT2D eigenvalue weighted by atomic mass is 31.1. The maximum atomic E-state index is 6.56. The number of pyridine rings is 2. The Bertz CT molecular complexity index is 2050. The number of hydrogen-bond donors (Lipinski definition) is 0. The van der Waals surface area contributed by atoms with Gasteiger partial charge in [0.05, 0.1) is 5.30 Å². The number of rotatable bonds is 4. The maximum Gasteiger partial charge on any atom is 0.139 e. The van der Waals surface area contributed by atoms with Crippen LogP contribution in [0.5, 0.6) is 23.0 Å². The van der Waals surface area contributed by atoms with E-state index < -0.39 is 7.92 Å². The van der Waals surface area contributed by atoms with Gasteiger partial charge in [-0.05, 0) is 105 Å². The van der Waals surface area contributed by atoms with Gasteiger partial charge in [0.25, 0.3) is 0 Å². The SMILES string of the molecule is c1cc2c3c(c1)Oc1cc(-c4ccc(-c5ccncc5)cc4)ccc1P3c1ccc(-c3ccc(-c4ccncc4)cc3)cc1O2. The zero-order chi connectivity index (χ0) is 29.7. The summed E-state index contributed by atoms with van der Waals surface area (Å²) in [7, 11) is -0.846. The van der Waals surface area contributed by atoms with Crippen molar-refractivity contribution in [3.05, 3.63) is 152 Å². The Kier molecular flexibility index (Phi) is 6.07. The van der Waals surface area contributed by atoms with Gasteiger partial charge < -0.3 is 9.47 Å². The lowest BCUT2D eigenvalue weighted by Crippen LogP contribution is -2.31. The molecule has 0 N–H and O–H groups in total. The Balaban J connectivity index is 1.07. The van der Waals surface area contributed by atoms with Crippen molar-refractivity contribution in [2.75, 3.05) is 0 Å². The van der Waals surface area contributed by atoms with Crippen LogP contribution in [0.4, 0.5) is 0 Å². The Morgan fingerprint density at radius 3 is 1.13 bits per heavy atom. The lowest BCUT2D eigenvalue weighted by Gasteiger charge is -2.34. The third-order valence-corrected chi connectivity index (χ3v) is 11.1. The van der Waals surface area contributed by atoms with Gasteiger partial charge in [0, 0.05) is 43.3 Å². The minimum absolute atomic E-state index is 0.846. The average Bonchev–Trinajstić information content (AvgIpc) is 3.12. The van der Waals surface area contributed by atoms with E-state index in [1.54, 1.807) is 0 Å². The van der Waals surface area contributed by atoms with E-state index in [1.807, 2.05) is 55.1 Å². The first-order valence-corrected chi connectivity index (χ1v) is 16.2. The van der Waals surface area contributed by atoms with Crippen molar-refractivity contribution in [3.63, 3.8) is 0 Å². The summed E-state index contributed by atoms with van der Waals surface area (Å²) in [6.45, 7) is 0. The van der Waals surface area contributed by atoms with E-state index in [1.165, 1.54) is 21.7 Å². The quantitative estimate of drug-likeness (QED) is 0.190. The molecule has 5 heteroatoms. The molecule has 2 aliphatic rings. The highest BCUT2D eigenvalue weighted by molar-refractivity contribution is 7.80. The van der Waals surface area contributed by atoms with Crippen LogP contribution in [0.15, 0.2) is 152 Å². The van der Waals surface area contributed by atoms with E-state index in [-0.39, 0.29) is 0 Å².